The van der Waals surface area contributed by atoms with Crippen molar-refractivity contribution in [3.63, 3.8) is 0 Å². The van der Waals surface area contributed by atoms with Crippen molar-refractivity contribution in [1.29, 1.82) is 0 Å². The maximum atomic E-state index is 9.99. The molecule has 0 spiro atoms. The molecule has 4 heteroatoms. The zero-order valence-corrected chi connectivity index (χ0v) is 10.7. The smallest absolute Gasteiger partial charge is 0.128 e. The monoisotopic (exact) mass is 242 g/mol. The summed E-state index contributed by atoms with van der Waals surface area (Å²) in [6.07, 6.45) is 2.27. The lowest BCUT2D eigenvalue weighted by Crippen LogP contribution is -2.02. The minimum Gasteiger partial charge on any atom is -0.497 e. The van der Waals surface area contributed by atoms with Gasteiger partial charge in [0.25, 0.3) is 0 Å². The number of thioether (sulfide) groups is 1. The van der Waals surface area contributed by atoms with Gasteiger partial charge in [-0.25, -0.2) is 0 Å². The van der Waals surface area contributed by atoms with Crippen LogP contribution in [0.15, 0.2) is 18.2 Å². The third kappa shape index (κ3) is 3.32. The second-order valence-corrected chi connectivity index (χ2v) is 4.39. The van der Waals surface area contributed by atoms with E-state index in [1.807, 2.05) is 18.4 Å². The van der Waals surface area contributed by atoms with Crippen molar-refractivity contribution in [2.75, 3.05) is 26.2 Å². The first kappa shape index (κ1) is 13.2. The van der Waals surface area contributed by atoms with E-state index < -0.39 is 6.10 Å². The second-order valence-electron chi connectivity index (χ2n) is 3.41. The van der Waals surface area contributed by atoms with E-state index in [1.54, 1.807) is 32.0 Å². The molecule has 3 nitrogen and oxygen atoms in total. The Labute approximate surface area is 101 Å². The molecule has 1 unspecified atom stereocenters. The van der Waals surface area contributed by atoms with Crippen molar-refractivity contribution in [2.45, 2.75) is 12.5 Å². The van der Waals surface area contributed by atoms with Gasteiger partial charge in [0, 0.05) is 11.6 Å². The summed E-state index contributed by atoms with van der Waals surface area (Å²) in [5, 5.41) is 9.99. The van der Waals surface area contributed by atoms with Crippen LogP contribution in [0.1, 0.15) is 18.1 Å². The molecule has 0 fully saturated rings. The summed E-state index contributed by atoms with van der Waals surface area (Å²) >= 11 is 1.72. The molecule has 0 heterocycles. The Hall–Kier alpha value is -0.870. The molecule has 0 aliphatic rings. The van der Waals surface area contributed by atoms with Gasteiger partial charge in [0.05, 0.1) is 20.3 Å². The number of rotatable bonds is 6. The summed E-state index contributed by atoms with van der Waals surface area (Å²) in [6, 6.07) is 5.47. The van der Waals surface area contributed by atoms with Gasteiger partial charge in [0.15, 0.2) is 0 Å². The SMILES string of the molecule is COc1ccc(C(O)CCSC)c(OC)c1. The van der Waals surface area contributed by atoms with E-state index in [0.29, 0.717) is 5.75 Å². The number of benzene rings is 1. The van der Waals surface area contributed by atoms with Crippen LogP contribution in [0, 0.1) is 0 Å². The van der Waals surface area contributed by atoms with Crippen LogP contribution in [0.4, 0.5) is 0 Å². The number of hydrogen-bond donors (Lipinski definition) is 1. The summed E-state index contributed by atoms with van der Waals surface area (Å²) < 4.78 is 10.3. The molecule has 0 bridgehead atoms. The largest absolute Gasteiger partial charge is 0.497 e. The van der Waals surface area contributed by atoms with Crippen LogP contribution in [-0.2, 0) is 0 Å². The molecule has 1 rings (SSSR count). The maximum Gasteiger partial charge on any atom is 0.128 e. The fourth-order valence-corrected chi connectivity index (χ4v) is 1.94. The molecular weight excluding hydrogens is 224 g/mol. The number of aliphatic hydroxyl groups excluding tert-OH is 1. The maximum absolute atomic E-state index is 9.99. The Bertz CT molecular complexity index is 328. The van der Waals surface area contributed by atoms with E-state index in [-0.39, 0.29) is 0 Å². The van der Waals surface area contributed by atoms with Crippen molar-refractivity contribution in [2.24, 2.45) is 0 Å². The number of ether oxygens (including phenoxy) is 2. The van der Waals surface area contributed by atoms with E-state index in [2.05, 4.69) is 0 Å². The topological polar surface area (TPSA) is 38.7 Å². The molecule has 0 radical (unpaired) electrons. The first-order valence-electron chi connectivity index (χ1n) is 5.11. The van der Waals surface area contributed by atoms with Gasteiger partial charge in [0.1, 0.15) is 11.5 Å². The molecule has 0 aliphatic heterocycles. The van der Waals surface area contributed by atoms with E-state index in [4.69, 9.17) is 9.47 Å². The molecule has 16 heavy (non-hydrogen) atoms. The first-order chi connectivity index (χ1) is 7.72. The summed E-state index contributed by atoms with van der Waals surface area (Å²) in [7, 11) is 3.21. The van der Waals surface area contributed by atoms with Crippen LogP contribution in [0.2, 0.25) is 0 Å². The third-order valence-corrected chi connectivity index (χ3v) is 3.04. The van der Waals surface area contributed by atoms with Crippen LogP contribution in [-0.4, -0.2) is 31.3 Å². The summed E-state index contributed by atoms with van der Waals surface area (Å²) in [4.78, 5) is 0. The Balaban J connectivity index is 2.85. The van der Waals surface area contributed by atoms with Gasteiger partial charge in [-0.15, -0.1) is 0 Å². The minimum atomic E-state index is -0.478. The molecule has 0 aliphatic carbocycles. The van der Waals surface area contributed by atoms with E-state index >= 15 is 0 Å². The highest BCUT2D eigenvalue weighted by Crippen LogP contribution is 2.31. The van der Waals surface area contributed by atoms with Crippen molar-refractivity contribution in [3.8, 4) is 11.5 Å². The van der Waals surface area contributed by atoms with Gasteiger partial charge in [-0.3, -0.25) is 0 Å². The Morgan fingerprint density at radius 2 is 2.06 bits per heavy atom. The van der Waals surface area contributed by atoms with Crippen molar-refractivity contribution >= 4 is 11.8 Å². The van der Waals surface area contributed by atoms with E-state index in [9.17, 15) is 5.11 Å². The molecule has 0 aromatic heterocycles. The van der Waals surface area contributed by atoms with Crippen molar-refractivity contribution in [1.82, 2.24) is 0 Å². The molecule has 0 amide bonds. The zero-order valence-electron chi connectivity index (χ0n) is 9.90. The van der Waals surface area contributed by atoms with Crippen LogP contribution in [0.25, 0.3) is 0 Å². The van der Waals surface area contributed by atoms with Crippen molar-refractivity contribution in [3.05, 3.63) is 23.8 Å². The minimum absolute atomic E-state index is 0.478. The van der Waals surface area contributed by atoms with Gasteiger partial charge < -0.3 is 14.6 Å². The quantitative estimate of drug-likeness (QED) is 0.832. The van der Waals surface area contributed by atoms with Gasteiger partial charge in [-0.2, -0.15) is 11.8 Å². The van der Waals surface area contributed by atoms with Crippen LogP contribution < -0.4 is 9.47 Å². The molecule has 0 saturated heterocycles. The van der Waals surface area contributed by atoms with Gasteiger partial charge >= 0.3 is 0 Å². The summed E-state index contributed by atoms with van der Waals surface area (Å²) in [6.45, 7) is 0. The average molecular weight is 242 g/mol. The van der Waals surface area contributed by atoms with Crippen LogP contribution in [0.5, 0.6) is 11.5 Å². The normalized spacial score (nSPS) is 12.2. The molecular formula is C12H18O3S. The fourth-order valence-electron chi connectivity index (χ4n) is 1.48. The predicted molar refractivity (Wildman–Crippen MR) is 67.5 cm³/mol. The third-order valence-electron chi connectivity index (χ3n) is 2.40. The molecule has 90 valence electrons. The van der Waals surface area contributed by atoms with Gasteiger partial charge in [-0.05, 0) is 30.6 Å². The van der Waals surface area contributed by atoms with E-state index in [0.717, 1.165) is 23.5 Å². The van der Waals surface area contributed by atoms with Crippen LogP contribution in [0.3, 0.4) is 0 Å². The summed E-state index contributed by atoms with van der Waals surface area (Å²) in [5.41, 5.74) is 0.817. The highest BCUT2D eigenvalue weighted by Gasteiger charge is 2.13. The molecule has 0 saturated carbocycles. The van der Waals surface area contributed by atoms with Gasteiger partial charge in [-0.1, -0.05) is 0 Å². The fraction of sp³-hybridized carbons (Fsp3) is 0.500. The number of aliphatic hydroxyl groups is 1. The summed E-state index contributed by atoms with van der Waals surface area (Å²) in [5.74, 6) is 2.33. The average Bonchev–Trinajstić information content (AvgIpc) is 2.34. The molecule has 1 aromatic rings. The Morgan fingerprint density at radius 1 is 1.31 bits per heavy atom. The van der Waals surface area contributed by atoms with E-state index in [1.165, 1.54) is 0 Å². The predicted octanol–water partition coefficient (Wildman–Crippen LogP) is 2.49. The highest BCUT2D eigenvalue weighted by molar-refractivity contribution is 7.98. The first-order valence-corrected chi connectivity index (χ1v) is 6.51. The van der Waals surface area contributed by atoms with Crippen LogP contribution >= 0.6 is 11.8 Å². The Kier molecular flexibility index (Phi) is 5.49. The lowest BCUT2D eigenvalue weighted by molar-refractivity contribution is 0.170. The Morgan fingerprint density at radius 3 is 2.62 bits per heavy atom. The highest BCUT2D eigenvalue weighted by atomic mass is 32.2. The van der Waals surface area contributed by atoms with Gasteiger partial charge in [0.2, 0.25) is 0 Å². The lowest BCUT2D eigenvalue weighted by Gasteiger charge is -2.15. The number of hydrogen-bond acceptors (Lipinski definition) is 4. The second kappa shape index (κ2) is 6.66. The molecule has 1 N–H and O–H groups in total. The van der Waals surface area contributed by atoms with Crippen molar-refractivity contribution < 1.29 is 14.6 Å². The standard InChI is InChI=1S/C12H18O3S/c1-14-9-4-5-10(12(8-9)15-2)11(13)6-7-16-3/h4-5,8,11,13H,6-7H2,1-3H3. The number of methoxy groups -OCH3 is 2. The lowest BCUT2D eigenvalue weighted by atomic mass is 10.1. The zero-order chi connectivity index (χ0) is 12.0. The molecule has 1 aromatic carbocycles. The molecule has 1 atom stereocenters.